The molecule has 0 N–H and O–H groups in total. The van der Waals surface area contributed by atoms with Crippen molar-refractivity contribution < 1.29 is 0 Å². The number of alkyl halides is 3. The molecular weight excluding hydrogens is 281 g/mol. The van der Waals surface area contributed by atoms with Crippen molar-refractivity contribution in [1.29, 1.82) is 0 Å². The van der Waals surface area contributed by atoms with E-state index in [0.29, 0.717) is 11.6 Å². The normalized spacial score (nSPS) is 11.5. The predicted octanol–water partition coefficient (Wildman–Crippen LogP) is 3.67. The Hall–Kier alpha value is -0.900. The molecule has 0 saturated heterocycles. The van der Waals surface area contributed by atoms with Crippen LogP contribution < -0.4 is 0 Å². The summed E-state index contributed by atoms with van der Waals surface area (Å²) in [5.74, 6) is 1.15. The highest BCUT2D eigenvalue weighted by atomic mass is 35.6. The molecule has 0 fully saturated rings. The summed E-state index contributed by atoms with van der Waals surface area (Å²) in [4.78, 5) is 12.4. The topological polar surface area (TPSA) is 38.7 Å². The third kappa shape index (κ3) is 3.06. The van der Waals surface area contributed by atoms with Gasteiger partial charge in [-0.25, -0.2) is 15.0 Å². The first-order valence-corrected chi connectivity index (χ1v) is 5.95. The zero-order valence-electron chi connectivity index (χ0n) is 8.86. The van der Waals surface area contributed by atoms with Crippen molar-refractivity contribution in [1.82, 2.24) is 15.0 Å². The molecule has 88 valence electrons. The van der Waals surface area contributed by atoms with Gasteiger partial charge in [-0.15, -0.1) is 0 Å². The number of nitrogens with zero attached hydrogens (tertiary/aromatic N) is 3. The molecule has 1 aromatic heterocycles. The van der Waals surface area contributed by atoms with Crippen LogP contribution in [0.3, 0.4) is 0 Å². The number of hydrogen-bond acceptors (Lipinski definition) is 3. The molecule has 0 aliphatic carbocycles. The average molecular weight is 289 g/mol. The molecule has 17 heavy (non-hydrogen) atoms. The Kier molecular flexibility index (Phi) is 3.52. The number of benzene rings is 1. The predicted molar refractivity (Wildman–Crippen MR) is 69.2 cm³/mol. The Morgan fingerprint density at radius 3 is 2.18 bits per heavy atom. The molecule has 0 unspecified atom stereocenters. The van der Waals surface area contributed by atoms with Gasteiger partial charge in [-0.2, -0.15) is 0 Å². The number of aromatic nitrogens is 3. The number of aryl methyl sites for hydroxylation is 1. The lowest BCUT2D eigenvalue weighted by molar-refractivity contribution is 0.884. The zero-order valence-corrected chi connectivity index (χ0v) is 11.1. The van der Waals surface area contributed by atoms with E-state index in [9.17, 15) is 0 Å². The van der Waals surface area contributed by atoms with E-state index in [1.165, 1.54) is 0 Å². The summed E-state index contributed by atoms with van der Waals surface area (Å²) in [5.41, 5.74) is 0.855. The molecule has 0 aliphatic heterocycles. The molecule has 0 aliphatic rings. The van der Waals surface area contributed by atoms with Crippen LogP contribution in [0.25, 0.3) is 11.4 Å². The SMILES string of the molecule is Cc1nc(-c2ccccc2)nc(C(Cl)(Cl)Cl)n1. The first-order valence-electron chi connectivity index (χ1n) is 4.82. The highest BCUT2D eigenvalue weighted by Gasteiger charge is 2.27. The van der Waals surface area contributed by atoms with Gasteiger partial charge in [-0.05, 0) is 6.92 Å². The quantitative estimate of drug-likeness (QED) is 0.752. The van der Waals surface area contributed by atoms with Gasteiger partial charge in [-0.3, -0.25) is 0 Å². The van der Waals surface area contributed by atoms with Crippen LogP contribution in [0.15, 0.2) is 30.3 Å². The molecule has 0 radical (unpaired) electrons. The van der Waals surface area contributed by atoms with E-state index in [2.05, 4.69) is 15.0 Å². The van der Waals surface area contributed by atoms with Crippen LogP contribution >= 0.6 is 34.8 Å². The third-order valence-corrected chi connectivity index (χ3v) is 2.54. The Morgan fingerprint density at radius 2 is 1.59 bits per heavy atom. The molecule has 1 heterocycles. The molecule has 0 spiro atoms. The molecule has 0 saturated carbocycles. The molecule has 6 heteroatoms. The van der Waals surface area contributed by atoms with Gasteiger partial charge in [0.15, 0.2) is 11.6 Å². The van der Waals surface area contributed by atoms with Gasteiger partial charge in [0.25, 0.3) is 0 Å². The van der Waals surface area contributed by atoms with E-state index < -0.39 is 3.79 Å². The van der Waals surface area contributed by atoms with E-state index >= 15 is 0 Å². The van der Waals surface area contributed by atoms with E-state index in [1.807, 2.05) is 30.3 Å². The summed E-state index contributed by atoms with van der Waals surface area (Å²) < 4.78 is -1.64. The third-order valence-electron chi connectivity index (χ3n) is 2.03. The van der Waals surface area contributed by atoms with Crippen molar-refractivity contribution in [2.75, 3.05) is 0 Å². The van der Waals surface area contributed by atoms with Gasteiger partial charge in [-0.1, -0.05) is 65.1 Å². The highest BCUT2D eigenvalue weighted by molar-refractivity contribution is 6.66. The van der Waals surface area contributed by atoms with Crippen molar-refractivity contribution in [3.05, 3.63) is 42.0 Å². The fraction of sp³-hybridized carbons (Fsp3) is 0.182. The lowest BCUT2D eigenvalue weighted by atomic mass is 10.2. The Labute approximate surface area is 114 Å². The minimum atomic E-state index is -1.64. The molecule has 3 nitrogen and oxygen atoms in total. The molecule has 0 atom stereocenters. The van der Waals surface area contributed by atoms with Gasteiger partial charge in [0.05, 0.1) is 0 Å². The summed E-state index contributed by atoms with van der Waals surface area (Å²) in [5, 5.41) is 0. The number of rotatable bonds is 1. The summed E-state index contributed by atoms with van der Waals surface area (Å²) >= 11 is 17.3. The van der Waals surface area contributed by atoms with Gasteiger partial charge >= 0.3 is 0 Å². The molecule has 0 amide bonds. The van der Waals surface area contributed by atoms with Crippen LogP contribution in [0.4, 0.5) is 0 Å². The monoisotopic (exact) mass is 287 g/mol. The smallest absolute Gasteiger partial charge is 0.214 e. The maximum Gasteiger partial charge on any atom is 0.250 e. The standard InChI is InChI=1S/C11H8Cl3N3/c1-7-15-9(8-5-3-2-4-6-8)17-10(16-7)11(12,13)14/h2-6H,1H3. The summed E-state index contributed by atoms with van der Waals surface area (Å²) in [6, 6.07) is 9.47. The van der Waals surface area contributed by atoms with Gasteiger partial charge in [0.1, 0.15) is 5.82 Å². The van der Waals surface area contributed by atoms with Crippen LogP contribution in [-0.4, -0.2) is 15.0 Å². The lowest BCUT2D eigenvalue weighted by Gasteiger charge is -2.10. The molecule has 0 bridgehead atoms. The maximum absolute atomic E-state index is 5.77. The van der Waals surface area contributed by atoms with Crippen molar-refractivity contribution in [3.8, 4) is 11.4 Å². The summed E-state index contributed by atoms with van der Waals surface area (Å²) in [6.07, 6.45) is 0. The van der Waals surface area contributed by atoms with E-state index in [1.54, 1.807) is 6.92 Å². The minimum absolute atomic E-state index is 0.133. The second kappa shape index (κ2) is 4.77. The summed E-state index contributed by atoms with van der Waals surface area (Å²) in [7, 11) is 0. The van der Waals surface area contributed by atoms with E-state index in [0.717, 1.165) is 5.56 Å². The minimum Gasteiger partial charge on any atom is -0.214 e. The van der Waals surface area contributed by atoms with Crippen LogP contribution in [0.5, 0.6) is 0 Å². The first-order chi connectivity index (χ1) is 7.97. The van der Waals surface area contributed by atoms with E-state index in [4.69, 9.17) is 34.8 Å². The number of halogens is 3. The Morgan fingerprint density at radius 1 is 0.941 bits per heavy atom. The van der Waals surface area contributed by atoms with Crippen molar-refractivity contribution in [2.45, 2.75) is 10.7 Å². The van der Waals surface area contributed by atoms with Gasteiger partial charge in [0, 0.05) is 5.56 Å². The summed E-state index contributed by atoms with van der Waals surface area (Å²) in [6.45, 7) is 1.73. The fourth-order valence-electron chi connectivity index (χ4n) is 1.32. The average Bonchev–Trinajstić information content (AvgIpc) is 2.28. The number of hydrogen-bond donors (Lipinski definition) is 0. The second-order valence-corrected chi connectivity index (χ2v) is 5.67. The highest BCUT2D eigenvalue weighted by Crippen LogP contribution is 2.36. The van der Waals surface area contributed by atoms with Crippen LogP contribution in [0, 0.1) is 6.92 Å². The van der Waals surface area contributed by atoms with E-state index in [-0.39, 0.29) is 5.82 Å². The lowest BCUT2D eigenvalue weighted by Crippen LogP contribution is -2.10. The van der Waals surface area contributed by atoms with Crippen molar-refractivity contribution in [2.24, 2.45) is 0 Å². The second-order valence-electron chi connectivity index (χ2n) is 3.39. The zero-order chi connectivity index (χ0) is 12.5. The fourth-order valence-corrected chi connectivity index (χ4v) is 1.58. The van der Waals surface area contributed by atoms with Gasteiger partial charge < -0.3 is 0 Å². The molecule has 2 aromatic rings. The molecular formula is C11H8Cl3N3. The van der Waals surface area contributed by atoms with Crippen molar-refractivity contribution >= 4 is 34.8 Å². The molecule has 2 rings (SSSR count). The van der Waals surface area contributed by atoms with Gasteiger partial charge in [0.2, 0.25) is 3.79 Å². The Bertz CT molecular complexity index is 523. The maximum atomic E-state index is 5.77. The van der Waals surface area contributed by atoms with Crippen LogP contribution in [0.1, 0.15) is 11.6 Å². The van der Waals surface area contributed by atoms with Crippen LogP contribution in [0.2, 0.25) is 0 Å². The Balaban J connectivity index is 2.54. The first kappa shape index (κ1) is 12.6. The molecule has 1 aromatic carbocycles. The van der Waals surface area contributed by atoms with Crippen molar-refractivity contribution in [3.63, 3.8) is 0 Å². The van der Waals surface area contributed by atoms with Crippen LogP contribution in [-0.2, 0) is 3.79 Å². The largest absolute Gasteiger partial charge is 0.250 e.